The third-order valence-electron chi connectivity index (χ3n) is 5.54. The summed E-state index contributed by atoms with van der Waals surface area (Å²) in [4.78, 5) is 0. The lowest BCUT2D eigenvalue weighted by molar-refractivity contribution is -0.202. The highest BCUT2D eigenvalue weighted by Crippen LogP contribution is 2.49. The fourth-order valence-corrected chi connectivity index (χ4v) is 5.72. The molecule has 170 valence electrons. The maximum Gasteiger partial charge on any atom is 0.171 e. The number of hydrogen-bond donors (Lipinski definition) is 1. The average molecular weight is 431 g/mol. The number of hydrogen-bond acceptors (Lipinski definition) is 6. The lowest BCUT2D eigenvalue weighted by atomic mass is 9.69. The van der Waals surface area contributed by atoms with Crippen LogP contribution < -0.4 is 0 Å². The van der Waals surface area contributed by atoms with E-state index in [1.165, 1.54) is 0 Å². The minimum atomic E-state index is -1.33. The topological polar surface area (TPSA) is 66.4 Å². The molecule has 1 N–H and O–H groups in total. The first kappa shape index (κ1) is 24.8. The molecule has 0 radical (unpaired) electrons. The van der Waals surface area contributed by atoms with E-state index in [4.69, 9.17) is 23.4 Å². The number of allylic oxidation sites excluding steroid dienone is 1. The highest BCUT2D eigenvalue weighted by molar-refractivity contribution is 6.48. The van der Waals surface area contributed by atoms with Gasteiger partial charge in [-0.05, 0) is 58.7 Å². The molecule has 1 aliphatic carbocycles. The van der Waals surface area contributed by atoms with E-state index in [1.54, 1.807) is 6.92 Å². The van der Waals surface area contributed by atoms with Crippen LogP contribution >= 0.6 is 0 Å². The Kier molecular flexibility index (Phi) is 8.02. The number of fused-ring (bicyclic) bond motifs is 1. The largest absolute Gasteiger partial charge is 0.513 e. The molecule has 0 aromatic heterocycles. The van der Waals surface area contributed by atoms with Crippen LogP contribution in [0.3, 0.4) is 0 Å². The van der Waals surface area contributed by atoms with Gasteiger partial charge in [0.1, 0.15) is 6.10 Å². The van der Waals surface area contributed by atoms with E-state index in [0.29, 0.717) is 18.8 Å². The molecule has 2 aliphatic rings. The summed E-state index contributed by atoms with van der Waals surface area (Å²) in [6, 6.07) is 0. The molecule has 1 heterocycles. The molecular formula is C22H42O6Si. The van der Waals surface area contributed by atoms with E-state index < -0.39 is 14.8 Å². The van der Waals surface area contributed by atoms with Crippen LogP contribution in [0.15, 0.2) is 11.3 Å². The second kappa shape index (κ2) is 9.36. The standard InChI is InChI=1S/C22H42O6Si/c1-11-24-14(3)25-16-12-15(13(2)23)17(19-18(16)26-22(7,8)27-19)20(21(4,5)6)28-29(9)10/h14,16-20,23,29H,11-12H2,1-10H3. The molecule has 2 rings (SSSR count). The highest BCUT2D eigenvalue weighted by Gasteiger charge is 2.57. The quantitative estimate of drug-likeness (QED) is 0.363. The normalized spacial score (nSPS) is 33.5. The van der Waals surface area contributed by atoms with Crippen LogP contribution in [0.1, 0.15) is 61.8 Å². The van der Waals surface area contributed by atoms with E-state index in [9.17, 15) is 5.11 Å². The van der Waals surface area contributed by atoms with Crippen LogP contribution in [-0.4, -0.2) is 57.2 Å². The Morgan fingerprint density at radius 3 is 2.31 bits per heavy atom. The van der Waals surface area contributed by atoms with E-state index in [1.807, 2.05) is 27.7 Å². The van der Waals surface area contributed by atoms with Crippen LogP contribution in [0.2, 0.25) is 13.1 Å². The molecule has 0 aromatic carbocycles. The predicted octanol–water partition coefficient (Wildman–Crippen LogP) is 4.54. The van der Waals surface area contributed by atoms with Gasteiger partial charge in [0.2, 0.25) is 0 Å². The van der Waals surface area contributed by atoms with Crippen molar-refractivity contribution < 1.29 is 28.5 Å². The molecule has 6 nitrogen and oxygen atoms in total. The molecule has 1 saturated heterocycles. The smallest absolute Gasteiger partial charge is 0.171 e. The lowest BCUT2D eigenvalue weighted by Crippen LogP contribution is -2.55. The van der Waals surface area contributed by atoms with Crippen molar-refractivity contribution in [3.05, 3.63) is 11.3 Å². The summed E-state index contributed by atoms with van der Waals surface area (Å²) in [5.74, 6) is -0.493. The number of aliphatic hydroxyl groups excluding tert-OH is 1. The molecule has 0 aromatic rings. The van der Waals surface area contributed by atoms with Gasteiger partial charge in [-0.25, -0.2) is 0 Å². The van der Waals surface area contributed by atoms with Crippen molar-refractivity contribution >= 4 is 9.04 Å². The van der Waals surface area contributed by atoms with Crippen molar-refractivity contribution in [2.45, 2.75) is 111 Å². The van der Waals surface area contributed by atoms with E-state index in [0.717, 1.165) is 5.57 Å². The molecular weight excluding hydrogens is 388 g/mol. The Bertz CT molecular complexity index is 578. The van der Waals surface area contributed by atoms with Crippen LogP contribution in [-0.2, 0) is 23.4 Å². The molecule has 6 atom stereocenters. The van der Waals surface area contributed by atoms with Gasteiger partial charge in [-0.3, -0.25) is 0 Å². The van der Waals surface area contributed by atoms with Gasteiger partial charge in [0, 0.05) is 18.9 Å². The molecule has 6 unspecified atom stereocenters. The van der Waals surface area contributed by atoms with Crippen LogP contribution in [0.4, 0.5) is 0 Å². The monoisotopic (exact) mass is 430 g/mol. The molecule has 1 saturated carbocycles. The second-order valence-corrected chi connectivity index (χ2v) is 12.4. The first-order chi connectivity index (χ1) is 13.3. The Morgan fingerprint density at radius 1 is 1.24 bits per heavy atom. The molecule has 29 heavy (non-hydrogen) atoms. The van der Waals surface area contributed by atoms with Gasteiger partial charge in [-0.1, -0.05) is 20.8 Å². The van der Waals surface area contributed by atoms with Crippen molar-refractivity contribution in [1.82, 2.24) is 0 Å². The average Bonchev–Trinajstić information content (AvgIpc) is 2.87. The summed E-state index contributed by atoms with van der Waals surface area (Å²) in [7, 11) is -1.33. The van der Waals surface area contributed by atoms with Gasteiger partial charge in [-0.2, -0.15) is 0 Å². The maximum atomic E-state index is 10.7. The molecule has 0 spiro atoms. The lowest BCUT2D eigenvalue weighted by Gasteiger charge is -2.47. The Labute approximate surface area is 178 Å². The summed E-state index contributed by atoms with van der Waals surface area (Å²) in [5.41, 5.74) is 0.825. The highest BCUT2D eigenvalue weighted by atomic mass is 28.3. The van der Waals surface area contributed by atoms with Crippen LogP contribution in [0, 0.1) is 11.3 Å². The fraction of sp³-hybridized carbons (Fsp3) is 0.909. The van der Waals surface area contributed by atoms with Gasteiger partial charge in [-0.15, -0.1) is 0 Å². The van der Waals surface area contributed by atoms with Crippen molar-refractivity contribution in [2.75, 3.05) is 6.61 Å². The van der Waals surface area contributed by atoms with Crippen LogP contribution in [0.25, 0.3) is 0 Å². The first-order valence-electron chi connectivity index (χ1n) is 10.9. The van der Waals surface area contributed by atoms with E-state index >= 15 is 0 Å². The third-order valence-corrected chi connectivity index (χ3v) is 6.38. The predicted molar refractivity (Wildman–Crippen MR) is 116 cm³/mol. The van der Waals surface area contributed by atoms with Crippen molar-refractivity contribution in [2.24, 2.45) is 11.3 Å². The summed E-state index contributed by atoms with van der Waals surface area (Å²) in [5, 5.41) is 10.7. The summed E-state index contributed by atoms with van der Waals surface area (Å²) in [6.07, 6.45) is -0.627. The molecule has 1 aliphatic heterocycles. The molecule has 7 heteroatoms. The fourth-order valence-electron chi connectivity index (χ4n) is 4.56. The SMILES string of the molecule is CCOC(C)OC1CC(=C(C)O)C(C(O[SiH](C)C)C(C)(C)C)C2OC(C)(C)OC12. The Balaban J connectivity index is 2.47. The number of rotatable bonds is 7. The van der Waals surface area contributed by atoms with Gasteiger partial charge in [0.05, 0.1) is 24.1 Å². The molecule has 0 amide bonds. The van der Waals surface area contributed by atoms with Gasteiger partial charge >= 0.3 is 0 Å². The van der Waals surface area contributed by atoms with Crippen molar-refractivity contribution in [1.29, 1.82) is 0 Å². The maximum absolute atomic E-state index is 10.7. The third kappa shape index (κ3) is 6.05. The Morgan fingerprint density at radius 2 is 1.83 bits per heavy atom. The van der Waals surface area contributed by atoms with Gasteiger partial charge in [0.25, 0.3) is 0 Å². The van der Waals surface area contributed by atoms with E-state index in [2.05, 4.69) is 33.9 Å². The zero-order valence-electron chi connectivity index (χ0n) is 19.9. The number of aliphatic hydroxyl groups is 1. The first-order valence-corrected chi connectivity index (χ1v) is 13.7. The zero-order chi connectivity index (χ0) is 22.1. The summed E-state index contributed by atoms with van der Waals surface area (Å²) < 4.78 is 31.1. The zero-order valence-corrected chi connectivity index (χ0v) is 21.1. The molecule has 0 bridgehead atoms. The second-order valence-electron chi connectivity index (χ2n) is 10.1. The summed E-state index contributed by atoms with van der Waals surface area (Å²) in [6.45, 7) is 21.0. The summed E-state index contributed by atoms with van der Waals surface area (Å²) >= 11 is 0. The Hall–Kier alpha value is -0.443. The minimum Gasteiger partial charge on any atom is -0.513 e. The van der Waals surface area contributed by atoms with Gasteiger partial charge < -0.3 is 28.5 Å². The van der Waals surface area contributed by atoms with Crippen molar-refractivity contribution in [3.8, 4) is 0 Å². The van der Waals surface area contributed by atoms with Crippen molar-refractivity contribution in [3.63, 3.8) is 0 Å². The van der Waals surface area contributed by atoms with Gasteiger partial charge in [0.15, 0.2) is 21.1 Å². The van der Waals surface area contributed by atoms with E-state index in [-0.39, 0.29) is 42.0 Å². The van der Waals surface area contributed by atoms with Crippen LogP contribution in [0.5, 0.6) is 0 Å². The number of ether oxygens (including phenoxy) is 4. The minimum absolute atomic E-state index is 0.0819. The molecule has 2 fully saturated rings.